The Morgan fingerprint density at radius 2 is 1.97 bits per heavy atom. The number of carboxylic acid groups (broad SMARTS) is 1. The van der Waals surface area contributed by atoms with Crippen molar-refractivity contribution in [1.82, 2.24) is 21.2 Å². The molecule has 6 atom stereocenters. The first-order valence-corrected chi connectivity index (χ1v) is 13.0. The molecule has 6 unspecified atom stereocenters. The number of aromatic nitrogens is 1. The molecule has 0 bridgehead atoms. The van der Waals surface area contributed by atoms with Gasteiger partial charge in [0.2, 0.25) is 5.91 Å². The summed E-state index contributed by atoms with van der Waals surface area (Å²) in [5, 5.41) is 13.4. The van der Waals surface area contributed by atoms with Gasteiger partial charge in [-0.25, -0.2) is 9.82 Å². The number of carboxylic acids is 1. The second-order valence-electron chi connectivity index (χ2n) is 11.0. The van der Waals surface area contributed by atoms with E-state index in [9.17, 15) is 19.1 Å². The van der Waals surface area contributed by atoms with Crippen LogP contribution < -0.4 is 16.2 Å². The molecule has 0 radical (unpaired) electrons. The molecular formula is C28H35FN4O3. The second-order valence-corrected chi connectivity index (χ2v) is 11.0. The van der Waals surface area contributed by atoms with Gasteiger partial charge in [-0.2, -0.15) is 0 Å². The van der Waals surface area contributed by atoms with Gasteiger partial charge in [-0.3, -0.25) is 20.0 Å². The normalized spacial score (nSPS) is 32.0. The highest BCUT2D eigenvalue weighted by molar-refractivity contribution is 5.80. The number of hydrogen-bond donors (Lipinski definition) is 4. The van der Waals surface area contributed by atoms with Crippen molar-refractivity contribution in [1.29, 1.82) is 0 Å². The summed E-state index contributed by atoms with van der Waals surface area (Å²) in [6.45, 7) is 1.98. The standard InChI is InChI=1S/C28H35FN4O3/c1-17-13-19(10-12-30-17)25-23-14-20(6-9-24(23)32-33-25)26(34)31-22-3-2-11-28(16-22,27(35)36)15-18-4-7-21(29)8-5-18/h4-5,7-8,10,12-13,20,22-25,32-33H,2-3,6,9,11,14-16H2,1H3,(H,31,34)(H,35,36). The number of rotatable bonds is 6. The largest absolute Gasteiger partial charge is 0.481 e. The Morgan fingerprint density at radius 1 is 1.17 bits per heavy atom. The number of fused-ring (bicyclic) bond motifs is 1. The Hall–Kier alpha value is -2.84. The van der Waals surface area contributed by atoms with E-state index in [0.29, 0.717) is 31.2 Å². The van der Waals surface area contributed by atoms with Gasteiger partial charge in [-0.05, 0) is 93.2 Å². The zero-order valence-electron chi connectivity index (χ0n) is 20.7. The van der Waals surface area contributed by atoms with Gasteiger partial charge in [0, 0.05) is 29.9 Å². The number of carbonyl (C=O) groups excluding carboxylic acids is 1. The first kappa shape index (κ1) is 24.8. The number of benzene rings is 1. The van der Waals surface area contributed by atoms with E-state index >= 15 is 0 Å². The van der Waals surface area contributed by atoms with Crippen LogP contribution in [-0.2, 0) is 16.0 Å². The van der Waals surface area contributed by atoms with Gasteiger partial charge in [0.15, 0.2) is 0 Å². The Balaban J connectivity index is 1.24. The lowest BCUT2D eigenvalue weighted by molar-refractivity contribution is -0.152. The van der Waals surface area contributed by atoms with Crippen LogP contribution in [0.3, 0.4) is 0 Å². The maximum atomic E-state index is 13.4. The molecule has 2 aliphatic carbocycles. The maximum absolute atomic E-state index is 13.4. The summed E-state index contributed by atoms with van der Waals surface area (Å²) in [6.07, 6.45) is 7.17. The molecule has 2 aromatic rings. The van der Waals surface area contributed by atoms with E-state index in [2.05, 4.69) is 27.2 Å². The third-order valence-corrected chi connectivity index (χ3v) is 8.50. The molecule has 4 N–H and O–H groups in total. The molecule has 1 aromatic heterocycles. The second kappa shape index (κ2) is 10.3. The van der Waals surface area contributed by atoms with Crippen LogP contribution in [0.5, 0.6) is 0 Å². The molecule has 36 heavy (non-hydrogen) atoms. The minimum absolute atomic E-state index is 0.0398. The van der Waals surface area contributed by atoms with Crippen LogP contribution in [0, 0.1) is 30.0 Å². The van der Waals surface area contributed by atoms with Crippen molar-refractivity contribution >= 4 is 11.9 Å². The Kier molecular flexibility index (Phi) is 7.08. The zero-order chi connectivity index (χ0) is 25.3. The summed E-state index contributed by atoms with van der Waals surface area (Å²) in [6, 6.07) is 10.5. The van der Waals surface area contributed by atoms with Gasteiger partial charge in [-0.15, -0.1) is 0 Å². The molecule has 2 saturated carbocycles. The fraction of sp³-hybridized carbons (Fsp3) is 0.536. The predicted molar refractivity (Wildman–Crippen MR) is 133 cm³/mol. The first-order chi connectivity index (χ1) is 17.3. The van der Waals surface area contributed by atoms with E-state index < -0.39 is 11.4 Å². The first-order valence-electron chi connectivity index (χ1n) is 13.0. The monoisotopic (exact) mass is 494 g/mol. The van der Waals surface area contributed by atoms with Crippen molar-refractivity contribution in [2.24, 2.45) is 17.3 Å². The summed E-state index contributed by atoms with van der Waals surface area (Å²) < 4.78 is 13.3. The van der Waals surface area contributed by atoms with Crippen molar-refractivity contribution < 1.29 is 19.1 Å². The third kappa shape index (κ3) is 5.15. The van der Waals surface area contributed by atoms with Crippen molar-refractivity contribution in [3.05, 3.63) is 65.2 Å². The van der Waals surface area contributed by atoms with Crippen molar-refractivity contribution in [2.45, 2.75) is 76.4 Å². The summed E-state index contributed by atoms with van der Waals surface area (Å²) >= 11 is 0. The van der Waals surface area contributed by atoms with E-state index in [-0.39, 0.29) is 29.7 Å². The molecule has 1 aliphatic heterocycles. The molecule has 0 spiro atoms. The Morgan fingerprint density at radius 3 is 2.72 bits per heavy atom. The molecule has 7 nitrogen and oxygen atoms in total. The molecule has 1 aromatic carbocycles. The number of hydrogen-bond acceptors (Lipinski definition) is 5. The molecule has 2 heterocycles. The molecule has 1 saturated heterocycles. The van der Waals surface area contributed by atoms with Crippen LogP contribution in [0.2, 0.25) is 0 Å². The van der Waals surface area contributed by atoms with Gasteiger partial charge in [0.1, 0.15) is 5.82 Å². The van der Waals surface area contributed by atoms with E-state index in [0.717, 1.165) is 43.4 Å². The highest BCUT2D eigenvalue weighted by Crippen LogP contribution is 2.42. The minimum Gasteiger partial charge on any atom is -0.481 e. The lowest BCUT2D eigenvalue weighted by Gasteiger charge is -2.39. The number of pyridine rings is 1. The topological polar surface area (TPSA) is 103 Å². The van der Waals surface area contributed by atoms with E-state index in [4.69, 9.17) is 0 Å². The number of amides is 1. The maximum Gasteiger partial charge on any atom is 0.310 e. The highest BCUT2D eigenvalue weighted by Gasteiger charge is 2.45. The van der Waals surface area contributed by atoms with Gasteiger partial charge in [-0.1, -0.05) is 18.6 Å². The lowest BCUT2D eigenvalue weighted by Crippen LogP contribution is -2.49. The summed E-state index contributed by atoms with van der Waals surface area (Å²) in [5.41, 5.74) is 8.88. The predicted octanol–water partition coefficient (Wildman–Crippen LogP) is 3.84. The Labute approximate surface area is 211 Å². The van der Waals surface area contributed by atoms with Crippen LogP contribution in [0.1, 0.15) is 67.8 Å². The SMILES string of the molecule is Cc1cc(C2NNC3CCC(C(=O)NC4CCCC(Cc5ccc(F)cc5)(C(=O)O)C4)CC32)ccn1. The van der Waals surface area contributed by atoms with Crippen molar-refractivity contribution in [3.63, 3.8) is 0 Å². The van der Waals surface area contributed by atoms with E-state index in [1.54, 1.807) is 12.1 Å². The third-order valence-electron chi connectivity index (χ3n) is 8.50. The number of nitrogens with one attached hydrogen (secondary N) is 3. The average molecular weight is 495 g/mol. The van der Waals surface area contributed by atoms with Crippen molar-refractivity contribution in [3.8, 4) is 0 Å². The van der Waals surface area contributed by atoms with E-state index in [1.165, 1.54) is 17.7 Å². The highest BCUT2D eigenvalue weighted by atomic mass is 19.1. The van der Waals surface area contributed by atoms with Gasteiger partial charge < -0.3 is 10.4 Å². The van der Waals surface area contributed by atoms with E-state index in [1.807, 2.05) is 19.2 Å². The number of aryl methyl sites for hydroxylation is 1. The van der Waals surface area contributed by atoms with Crippen LogP contribution in [0.4, 0.5) is 4.39 Å². The summed E-state index contributed by atoms with van der Waals surface area (Å²) in [4.78, 5) is 30.1. The molecule has 3 fully saturated rings. The van der Waals surface area contributed by atoms with Crippen LogP contribution >= 0.6 is 0 Å². The number of aliphatic carboxylic acids is 1. The van der Waals surface area contributed by atoms with Gasteiger partial charge in [0.25, 0.3) is 0 Å². The van der Waals surface area contributed by atoms with Gasteiger partial charge >= 0.3 is 5.97 Å². The molecular weight excluding hydrogens is 459 g/mol. The van der Waals surface area contributed by atoms with Crippen LogP contribution in [-0.4, -0.2) is 34.1 Å². The number of nitrogens with zero attached hydrogens (tertiary/aromatic N) is 1. The lowest BCUT2D eigenvalue weighted by atomic mass is 9.68. The summed E-state index contributed by atoms with van der Waals surface area (Å²) in [7, 11) is 0. The summed E-state index contributed by atoms with van der Waals surface area (Å²) in [5.74, 6) is -0.917. The Bertz CT molecular complexity index is 1110. The van der Waals surface area contributed by atoms with Crippen LogP contribution in [0.15, 0.2) is 42.6 Å². The molecule has 8 heteroatoms. The molecule has 1 amide bonds. The molecule has 5 rings (SSSR count). The average Bonchev–Trinajstić information content (AvgIpc) is 3.29. The molecule has 192 valence electrons. The van der Waals surface area contributed by atoms with Crippen LogP contribution in [0.25, 0.3) is 0 Å². The quantitative estimate of drug-likeness (QED) is 0.487. The molecule has 3 aliphatic rings. The number of carbonyl (C=O) groups is 2. The van der Waals surface area contributed by atoms with Gasteiger partial charge in [0.05, 0.1) is 11.5 Å². The fourth-order valence-electron chi connectivity index (χ4n) is 6.61. The zero-order valence-corrected chi connectivity index (χ0v) is 20.7. The van der Waals surface area contributed by atoms with Crippen molar-refractivity contribution in [2.75, 3.05) is 0 Å². The minimum atomic E-state index is -0.949. The number of hydrazine groups is 1. The fourth-order valence-corrected chi connectivity index (χ4v) is 6.61. The smallest absolute Gasteiger partial charge is 0.310 e. The number of halogens is 1.